The Hall–Kier alpha value is -3.80. The summed E-state index contributed by atoms with van der Waals surface area (Å²) in [6.07, 6.45) is -0.457. The molecule has 2 amide bonds. The number of aromatic nitrogens is 1. The SMILES string of the molecule is CCc1c(C#N)c(SC(C(N)=O)c2ccccc2)nc(N(C)CCN2CCN(C(=O)O)CC2)c1C#N. The first-order valence-electron chi connectivity index (χ1n) is 11.6. The number of nitrogens with two attached hydrogens (primary N) is 1. The fourth-order valence-electron chi connectivity index (χ4n) is 4.13. The Morgan fingerprint density at radius 3 is 2.33 bits per heavy atom. The first kappa shape index (κ1) is 26.8. The summed E-state index contributed by atoms with van der Waals surface area (Å²) in [5.74, 6) is -0.106. The third-order valence-corrected chi connectivity index (χ3v) is 7.43. The van der Waals surface area contributed by atoms with Crippen LogP contribution < -0.4 is 10.6 Å². The lowest BCUT2D eigenvalue weighted by Crippen LogP contribution is -2.49. The number of carbonyl (C=O) groups excluding carboxylic acids is 1. The minimum absolute atomic E-state index is 0.281. The van der Waals surface area contributed by atoms with Crippen LogP contribution in [0.15, 0.2) is 35.4 Å². The van der Waals surface area contributed by atoms with Crippen molar-refractivity contribution in [3.05, 3.63) is 52.6 Å². The van der Waals surface area contributed by atoms with Crippen LogP contribution in [-0.2, 0) is 11.2 Å². The summed E-state index contributed by atoms with van der Waals surface area (Å²) in [5, 5.41) is 28.7. The van der Waals surface area contributed by atoms with Gasteiger partial charge in [0.25, 0.3) is 0 Å². The van der Waals surface area contributed by atoms with E-state index < -0.39 is 17.3 Å². The van der Waals surface area contributed by atoms with Gasteiger partial charge in [-0.25, -0.2) is 9.78 Å². The van der Waals surface area contributed by atoms with E-state index >= 15 is 0 Å². The normalized spacial score (nSPS) is 14.5. The van der Waals surface area contributed by atoms with E-state index in [1.54, 1.807) is 12.1 Å². The summed E-state index contributed by atoms with van der Waals surface area (Å²) in [6, 6.07) is 13.5. The monoisotopic (exact) mass is 507 g/mol. The van der Waals surface area contributed by atoms with E-state index in [1.807, 2.05) is 37.1 Å². The maximum Gasteiger partial charge on any atom is 0.407 e. The molecule has 36 heavy (non-hydrogen) atoms. The second-order valence-corrected chi connectivity index (χ2v) is 9.48. The van der Waals surface area contributed by atoms with Gasteiger partial charge in [0.05, 0.1) is 11.1 Å². The largest absolute Gasteiger partial charge is 0.465 e. The highest BCUT2D eigenvalue weighted by Crippen LogP contribution is 2.39. The summed E-state index contributed by atoms with van der Waals surface area (Å²) in [4.78, 5) is 33.6. The molecule has 1 atom stereocenters. The van der Waals surface area contributed by atoms with Gasteiger partial charge in [-0.3, -0.25) is 9.69 Å². The third kappa shape index (κ3) is 6.06. The van der Waals surface area contributed by atoms with Gasteiger partial charge in [0.1, 0.15) is 28.2 Å². The molecule has 0 spiro atoms. The second-order valence-electron chi connectivity index (χ2n) is 8.39. The minimum atomic E-state index is -0.908. The van der Waals surface area contributed by atoms with Crippen LogP contribution in [0, 0.1) is 22.7 Å². The highest BCUT2D eigenvalue weighted by molar-refractivity contribution is 8.00. The number of amides is 2. The number of anilines is 1. The van der Waals surface area contributed by atoms with E-state index in [1.165, 1.54) is 4.90 Å². The Morgan fingerprint density at radius 2 is 1.81 bits per heavy atom. The van der Waals surface area contributed by atoms with Crippen LogP contribution in [0.4, 0.5) is 10.6 Å². The smallest absolute Gasteiger partial charge is 0.407 e. The molecule has 3 rings (SSSR count). The summed E-state index contributed by atoms with van der Waals surface area (Å²) >= 11 is 1.11. The summed E-state index contributed by atoms with van der Waals surface area (Å²) in [5.41, 5.74) is 7.63. The number of carbonyl (C=O) groups is 2. The maximum absolute atomic E-state index is 12.3. The first-order chi connectivity index (χ1) is 17.3. The van der Waals surface area contributed by atoms with Gasteiger partial charge in [-0.1, -0.05) is 49.0 Å². The van der Waals surface area contributed by atoms with Gasteiger partial charge in [-0.2, -0.15) is 10.5 Å². The minimum Gasteiger partial charge on any atom is -0.465 e. The summed E-state index contributed by atoms with van der Waals surface area (Å²) < 4.78 is 0. The van der Waals surface area contributed by atoms with Crippen molar-refractivity contribution in [3.63, 3.8) is 0 Å². The number of rotatable bonds is 9. The molecule has 0 bridgehead atoms. The molecule has 1 aromatic heterocycles. The fraction of sp³-hybridized carbons (Fsp3) is 0.400. The molecule has 1 aliphatic rings. The van der Waals surface area contributed by atoms with Gasteiger partial charge in [-0.05, 0) is 17.5 Å². The molecule has 1 aromatic carbocycles. The lowest BCUT2D eigenvalue weighted by atomic mass is 10.0. The number of benzene rings is 1. The van der Waals surface area contributed by atoms with Crippen LogP contribution in [0.2, 0.25) is 0 Å². The average Bonchev–Trinajstić information content (AvgIpc) is 2.89. The molecule has 0 aliphatic carbocycles. The predicted octanol–water partition coefficient (Wildman–Crippen LogP) is 2.44. The van der Waals surface area contributed by atoms with Crippen molar-refractivity contribution >= 4 is 29.6 Å². The third-order valence-electron chi connectivity index (χ3n) is 6.17. The molecular formula is C25H29N7O3S. The van der Waals surface area contributed by atoms with E-state index in [4.69, 9.17) is 15.8 Å². The average molecular weight is 508 g/mol. The van der Waals surface area contributed by atoms with E-state index in [2.05, 4.69) is 17.0 Å². The van der Waals surface area contributed by atoms with Gasteiger partial charge in [0, 0.05) is 46.3 Å². The van der Waals surface area contributed by atoms with Crippen molar-refractivity contribution in [2.75, 3.05) is 51.2 Å². The molecule has 0 radical (unpaired) electrons. The highest BCUT2D eigenvalue weighted by Gasteiger charge is 2.27. The van der Waals surface area contributed by atoms with Crippen LogP contribution in [0.25, 0.3) is 0 Å². The van der Waals surface area contributed by atoms with E-state index in [9.17, 15) is 20.1 Å². The number of primary amides is 1. The number of hydrogen-bond donors (Lipinski definition) is 2. The van der Waals surface area contributed by atoms with E-state index in [-0.39, 0.29) is 5.56 Å². The second kappa shape index (κ2) is 12.2. The molecule has 10 nitrogen and oxygen atoms in total. The molecule has 11 heteroatoms. The van der Waals surface area contributed by atoms with Crippen LogP contribution >= 0.6 is 11.8 Å². The number of piperazine rings is 1. The van der Waals surface area contributed by atoms with Gasteiger partial charge < -0.3 is 20.6 Å². The van der Waals surface area contributed by atoms with Crippen molar-refractivity contribution < 1.29 is 14.7 Å². The molecule has 1 fully saturated rings. The van der Waals surface area contributed by atoms with Crippen molar-refractivity contribution in [1.82, 2.24) is 14.8 Å². The number of thioether (sulfide) groups is 1. The maximum atomic E-state index is 12.3. The lowest BCUT2D eigenvalue weighted by Gasteiger charge is -2.34. The Balaban J connectivity index is 1.89. The van der Waals surface area contributed by atoms with Crippen LogP contribution in [0.5, 0.6) is 0 Å². The zero-order valence-electron chi connectivity index (χ0n) is 20.3. The molecule has 1 aliphatic heterocycles. The molecule has 3 N–H and O–H groups in total. The highest BCUT2D eigenvalue weighted by atomic mass is 32.2. The number of pyridine rings is 1. The lowest BCUT2D eigenvalue weighted by molar-refractivity contribution is -0.117. The van der Waals surface area contributed by atoms with Crippen LogP contribution in [-0.4, -0.2) is 78.2 Å². The topological polar surface area (TPSA) is 151 Å². The Kier molecular flexibility index (Phi) is 9.12. The van der Waals surface area contributed by atoms with Crippen molar-refractivity contribution in [2.24, 2.45) is 5.73 Å². The number of carboxylic acid groups (broad SMARTS) is 1. The fourth-order valence-corrected chi connectivity index (χ4v) is 5.19. The Morgan fingerprint density at radius 1 is 1.17 bits per heavy atom. The van der Waals surface area contributed by atoms with Crippen molar-refractivity contribution in [2.45, 2.75) is 23.6 Å². The van der Waals surface area contributed by atoms with Gasteiger partial charge in [-0.15, -0.1) is 0 Å². The summed E-state index contributed by atoms with van der Waals surface area (Å²) in [6.45, 7) is 5.24. The van der Waals surface area contributed by atoms with Gasteiger partial charge in [0.2, 0.25) is 5.91 Å². The number of nitrogens with zero attached hydrogens (tertiary/aromatic N) is 6. The zero-order chi connectivity index (χ0) is 26.2. The summed E-state index contributed by atoms with van der Waals surface area (Å²) in [7, 11) is 1.83. The number of hydrogen-bond acceptors (Lipinski definition) is 8. The quantitative estimate of drug-likeness (QED) is 0.488. The molecule has 0 saturated carbocycles. The zero-order valence-corrected chi connectivity index (χ0v) is 21.2. The van der Waals surface area contributed by atoms with E-state index in [0.717, 1.165) is 11.8 Å². The molecule has 2 aromatic rings. The Bertz CT molecular complexity index is 1180. The van der Waals surface area contributed by atoms with Crippen LogP contribution in [0.1, 0.15) is 34.4 Å². The van der Waals surface area contributed by atoms with Gasteiger partial charge in [0.15, 0.2) is 0 Å². The predicted molar refractivity (Wildman–Crippen MR) is 137 cm³/mol. The molecule has 2 heterocycles. The molecule has 1 saturated heterocycles. The molecular weight excluding hydrogens is 478 g/mol. The standard InChI is InChI=1S/C25H29N7O3S/c1-3-18-19(15-26)23(30(2)9-10-31-11-13-32(14-12-31)25(34)35)29-24(20(18)16-27)36-21(22(28)33)17-7-5-4-6-8-17/h4-8,21H,3,9-14H2,1-2H3,(H2,28,33)(H,34,35). The van der Waals surface area contributed by atoms with Crippen molar-refractivity contribution in [1.29, 1.82) is 10.5 Å². The van der Waals surface area contributed by atoms with Crippen molar-refractivity contribution in [3.8, 4) is 12.1 Å². The molecule has 188 valence electrons. The van der Waals surface area contributed by atoms with Gasteiger partial charge >= 0.3 is 6.09 Å². The first-order valence-corrected chi connectivity index (χ1v) is 12.5. The number of likely N-dealkylation sites (N-methyl/N-ethyl adjacent to an activating group) is 1. The van der Waals surface area contributed by atoms with E-state index in [0.29, 0.717) is 73.2 Å². The van der Waals surface area contributed by atoms with Crippen LogP contribution in [0.3, 0.4) is 0 Å². The number of nitriles is 2. The molecule has 1 unspecified atom stereocenters. The Labute approximate surface area is 214 Å².